The van der Waals surface area contributed by atoms with E-state index in [9.17, 15) is 69.5 Å². The lowest BCUT2D eigenvalue weighted by Gasteiger charge is -2.46. The Balaban J connectivity index is 0.000000136. The predicted octanol–water partition coefficient (Wildman–Crippen LogP) is 15.3. The van der Waals surface area contributed by atoms with Crippen molar-refractivity contribution in [1.29, 1.82) is 0 Å². The fourth-order valence-corrected chi connectivity index (χ4v) is 19.0. The van der Waals surface area contributed by atoms with Crippen molar-refractivity contribution in [3.63, 3.8) is 0 Å². The van der Waals surface area contributed by atoms with E-state index < -0.39 is 45.2 Å². The van der Waals surface area contributed by atoms with Crippen LogP contribution in [0, 0.1) is 24.4 Å². The molecule has 4 fully saturated rings. The molecule has 0 radical (unpaired) electrons. The summed E-state index contributed by atoms with van der Waals surface area (Å²) in [7, 11) is 0. The van der Waals surface area contributed by atoms with Gasteiger partial charge in [0.25, 0.3) is 47.3 Å². The monoisotopic (exact) mass is 2050 g/mol. The first kappa shape index (κ1) is 105. The van der Waals surface area contributed by atoms with Crippen molar-refractivity contribution in [2.24, 2.45) is 15.0 Å². The smallest absolute Gasteiger partial charge is 0.332 e. The van der Waals surface area contributed by atoms with Gasteiger partial charge in [-0.05, 0) is 193 Å². The molecule has 36 nitrogen and oxygen atoms in total. The Morgan fingerprint density at radius 2 is 0.740 bits per heavy atom. The number of alkyl halides is 3. The Morgan fingerprint density at radius 1 is 0.400 bits per heavy atom. The van der Waals surface area contributed by atoms with Crippen LogP contribution in [0.4, 0.5) is 32.2 Å². The van der Waals surface area contributed by atoms with Crippen molar-refractivity contribution in [1.82, 2.24) is 113 Å². The second-order valence-electron chi connectivity index (χ2n) is 44.1. The number of aliphatic imine (C=N–C) groups is 3. The zero-order chi connectivity index (χ0) is 108. The van der Waals surface area contributed by atoms with Crippen LogP contribution in [-0.2, 0) is 51.8 Å². The Hall–Kier alpha value is -16.2. The molecule has 20 rings (SSSR count). The molecule has 42 heteroatoms. The highest BCUT2D eigenvalue weighted by atomic mass is 19.4. The third-order valence-corrected chi connectivity index (χ3v) is 27.5. The third kappa shape index (κ3) is 20.7. The molecule has 13 aromatic rings. The number of aromatic nitrogens is 15. The molecule has 9 amide bonds. The number of imidazole rings is 4. The van der Waals surface area contributed by atoms with Crippen molar-refractivity contribution in [3.8, 4) is 45.0 Å². The molecule has 0 atom stereocenters. The Labute approximate surface area is 860 Å². The van der Waals surface area contributed by atoms with Crippen LogP contribution < -0.4 is 10.2 Å². The molecule has 150 heavy (non-hydrogen) atoms. The number of allylic oxidation sites excluding steroid dienone is 2. The summed E-state index contributed by atoms with van der Waals surface area (Å²) in [5.41, 5.74) is 5.84. The number of fused-ring (bicyclic) bond motifs is 4. The predicted molar refractivity (Wildman–Crippen MR) is 550 cm³/mol. The summed E-state index contributed by atoms with van der Waals surface area (Å²) in [6.45, 7) is 43.0. The van der Waals surface area contributed by atoms with Gasteiger partial charge in [0.05, 0.1) is 64.9 Å². The van der Waals surface area contributed by atoms with Crippen LogP contribution in [0.25, 0.3) is 67.6 Å². The van der Waals surface area contributed by atoms with Crippen LogP contribution in [0.5, 0.6) is 0 Å². The van der Waals surface area contributed by atoms with Gasteiger partial charge in [-0.25, -0.2) is 61.2 Å². The van der Waals surface area contributed by atoms with Crippen LogP contribution >= 0.6 is 0 Å². The number of nitrogens with zero attached hydrogens (tertiary/aromatic N) is 25. The lowest BCUT2D eigenvalue weighted by Crippen LogP contribution is -2.65. The topological polar surface area (TPSA) is 391 Å². The van der Waals surface area contributed by atoms with Crippen molar-refractivity contribution in [2.75, 3.05) is 70.3 Å². The standard InChI is InChI=1S/C28H29F3N6O2.C28H31FN6O2.C27H30FN7O3.C25H27FN8O2/c1-26(2,3)19-15-20(17-8-10-18(11-9-17)28(29,30)31)34-37-16-21(33-23(19)37)24(38)36-14-13-35(22-7-6-12-32-22)25(39)27(36,4)5;1-17-9-10-18(14-20(17)29)21-15-19(27(2,3)4)24-31-22(16-35(24)32-21)25(36)34-13-12-33(23-8-7-11-30-23)26(37)28(34,5)6;1-26(2,3)18-12-19(16-6-8-17(28)9-7-16)32-35-14-20(30-23(18)35)24(37)34-11-10-33(15-27(34,4)5)25(38)22-29-13-21(36)31-22;1-24(2,3)17-12-18(15-6-8-16(26)9-7-15)30-34-14-19(28-21(17)34)22(35)33-11-10-32(20-13-27-31-29-20)23(36)25(33,4)5/h7-12,15-16H,6,13-14H2,1-5H3;8-11,14-16H,7,12-13H2,1-6H3;6-9,12,14H,10-11,13,15H2,1-5H3,(H,29,31,36);6-9,12-14H,10-11H2,1-5H3,(H,27,29,31). The number of carbonyl (C=O) groups excluding carboxylic acids is 9. The second-order valence-corrected chi connectivity index (χ2v) is 44.1. The number of aryl methyl sites for hydroxylation is 1. The van der Waals surface area contributed by atoms with E-state index in [4.69, 9.17) is 4.98 Å². The van der Waals surface area contributed by atoms with Gasteiger partial charge >= 0.3 is 6.18 Å². The number of benzene rings is 4. The fraction of sp³-hybridized carbons (Fsp3) is 0.389. The third-order valence-electron chi connectivity index (χ3n) is 27.5. The molecule has 0 saturated carbocycles. The Bertz CT molecular complexity index is 7770. The molecule has 0 spiro atoms. The van der Waals surface area contributed by atoms with Crippen molar-refractivity contribution < 1.29 is 69.5 Å². The molecule has 16 heterocycles. The second kappa shape index (κ2) is 39.1. The van der Waals surface area contributed by atoms with Crippen molar-refractivity contribution in [3.05, 3.63) is 244 Å². The van der Waals surface area contributed by atoms with E-state index in [2.05, 4.69) is 133 Å². The zero-order valence-corrected chi connectivity index (χ0v) is 87.3. The minimum atomic E-state index is -4.44. The largest absolute Gasteiger partial charge is 0.416 e. The van der Waals surface area contributed by atoms with Crippen molar-refractivity contribution >= 4 is 99.8 Å². The first-order valence-corrected chi connectivity index (χ1v) is 49.1. The van der Waals surface area contributed by atoms with Crippen molar-refractivity contribution in [2.45, 2.75) is 208 Å². The van der Waals surface area contributed by atoms with E-state index in [0.717, 1.165) is 45.5 Å². The number of amides is 9. The normalized spacial score (nSPS) is 17.3. The number of aromatic amines is 1. The summed E-state index contributed by atoms with van der Waals surface area (Å²) in [6.07, 6.45) is 12.0. The molecule has 780 valence electrons. The quantitative estimate of drug-likeness (QED) is 0.107. The number of halogens is 6. The number of anilines is 1. The average molecular weight is 2050 g/mol. The maximum atomic E-state index is 14.3. The number of amidine groups is 1. The van der Waals surface area contributed by atoms with Gasteiger partial charge in [-0.3, -0.25) is 62.8 Å². The maximum Gasteiger partial charge on any atom is 0.416 e. The number of carbonyl (C=O) groups is 9. The van der Waals surface area contributed by atoms with E-state index in [1.807, 2.05) is 71.0 Å². The molecule has 9 aromatic heterocycles. The van der Waals surface area contributed by atoms with Gasteiger partial charge < -0.3 is 29.8 Å². The summed E-state index contributed by atoms with van der Waals surface area (Å²) in [6, 6.07) is 29.6. The van der Waals surface area contributed by atoms with E-state index >= 15 is 0 Å². The van der Waals surface area contributed by atoms with Gasteiger partial charge in [0.1, 0.15) is 75.0 Å². The summed E-state index contributed by atoms with van der Waals surface area (Å²) in [4.78, 5) is 163. The minimum absolute atomic E-state index is 0.0451. The summed E-state index contributed by atoms with van der Waals surface area (Å²) >= 11 is 0. The van der Waals surface area contributed by atoms with Crippen LogP contribution in [0.2, 0.25) is 0 Å². The lowest BCUT2D eigenvalue weighted by atomic mass is 9.87. The van der Waals surface area contributed by atoms with Crippen LogP contribution in [0.1, 0.15) is 227 Å². The molecule has 0 bridgehead atoms. The molecule has 0 unspecified atom stereocenters. The highest BCUT2D eigenvalue weighted by Crippen LogP contribution is 2.41. The minimum Gasteiger partial charge on any atom is -0.332 e. The fourth-order valence-electron chi connectivity index (χ4n) is 19.0. The van der Waals surface area contributed by atoms with E-state index in [1.54, 1.807) is 154 Å². The molecule has 0 aliphatic carbocycles. The number of rotatable bonds is 12. The molecule has 4 aromatic carbocycles. The lowest BCUT2D eigenvalue weighted by molar-refractivity contribution is -0.144. The van der Waals surface area contributed by atoms with Gasteiger partial charge in [-0.2, -0.15) is 43.9 Å². The van der Waals surface area contributed by atoms with E-state index in [0.29, 0.717) is 138 Å². The molecule has 7 aliphatic rings. The van der Waals surface area contributed by atoms with Gasteiger partial charge in [0.2, 0.25) is 5.91 Å². The van der Waals surface area contributed by atoms with Gasteiger partial charge in [-0.15, -0.1) is 5.10 Å². The molecule has 7 aliphatic heterocycles. The highest BCUT2D eigenvalue weighted by molar-refractivity contribution is 6.42. The number of H-pyrrole nitrogens is 1. The SMILES string of the molecule is CC(C)(C)c1cc(-c2ccc(C(F)(F)F)cc2)nn2cc(C(=O)N3CCN(C4=CCC=N4)C(=O)C3(C)C)nc12.CC(C)(C)c1cc(-c2ccc(F)cc2)nn2cc(C(=O)N3CCN(C(=O)C4=NCC(=O)N4)CC3(C)C)nc12.CC(C)(C)c1cc(-c2ccc(F)cc2)nn2cc(C(=O)N3CCN(c4cn[nH]n4)C(=O)C3(C)C)nc12.Cc1ccc(-c2cc(C(C)(C)C)c3nc(C(=O)N4CCN(C5=CCC=N5)C(=O)C4(C)C)cn3n2)cc1F. The zero-order valence-electron chi connectivity index (χ0n) is 87.3. The van der Waals surface area contributed by atoms with Gasteiger partial charge in [0, 0.05) is 129 Å². The summed E-state index contributed by atoms with van der Waals surface area (Å²) in [5, 5.41) is 31.4. The number of hydrogen-bond donors (Lipinski definition) is 2. The average Bonchev–Trinajstić information content (AvgIpc) is 1.56. The van der Waals surface area contributed by atoms with Gasteiger partial charge in [-0.1, -0.05) is 107 Å². The van der Waals surface area contributed by atoms with Crippen LogP contribution in [-0.4, -0.2) is 267 Å². The van der Waals surface area contributed by atoms with E-state index in [1.165, 1.54) is 74.1 Å². The van der Waals surface area contributed by atoms with Gasteiger partial charge in [0.15, 0.2) is 34.2 Å². The number of nitrogens with one attached hydrogen (secondary N) is 2. The molecule has 4 saturated heterocycles. The highest BCUT2D eigenvalue weighted by Gasteiger charge is 2.51. The summed E-state index contributed by atoms with van der Waals surface area (Å²) < 4.78 is 86.8. The molecular weight excluding hydrogens is 1930 g/mol. The Kier molecular flexibility index (Phi) is 27.4. The number of hydrogen-bond acceptors (Lipinski definition) is 22. The summed E-state index contributed by atoms with van der Waals surface area (Å²) in [5.74, 6) is -1.95. The Morgan fingerprint density at radius 3 is 1.06 bits per heavy atom. The van der Waals surface area contributed by atoms with Crippen LogP contribution in [0.15, 0.2) is 185 Å². The van der Waals surface area contributed by atoms with E-state index in [-0.39, 0.29) is 129 Å². The van der Waals surface area contributed by atoms with Crippen LogP contribution in [0.3, 0.4) is 0 Å². The molecular formula is C108H117F6N27O9. The first-order valence-electron chi connectivity index (χ1n) is 49.1. The molecule has 2 N–H and O–H groups in total. The number of piperazine rings is 4. The first-order chi connectivity index (χ1) is 70.3. The maximum absolute atomic E-state index is 14.3.